The van der Waals surface area contributed by atoms with Crippen LogP contribution in [0, 0.1) is 0 Å². The number of hydroxylamine groups is 2. The van der Waals surface area contributed by atoms with Gasteiger partial charge in [-0.1, -0.05) is 31.0 Å². The maximum atomic E-state index is 12.2. The molecule has 0 saturated heterocycles. The number of para-hydroxylation sites is 1. The van der Waals surface area contributed by atoms with E-state index < -0.39 is 19.0 Å². The summed E-state index contributed by atoms with van der Waals surface area (Å²) in [5.74, 6) is -0.473. The van der Waals surface area contributed by atoms with Crippen LogP contribution in [0.25, 0.3) is 0 Å². The van der Waals surface area contributed by atoms with E-state index in [4.69, 9.17) is 25.1 Å². The first-order valence-electron chi connectivity index (χ1n) is 7.53. The van der Waals surface area contributed by atoms with Crippen LogP contribution in [0.5, 0.6) is 5.75 Å². The molecule has 1 unspecified atom stereocenters. The Hall–Kier alpha value is -1.07. The van der Waals surface area contributed by atoms with Crippen molar-refractivity contribution in [3.8, 4) is 5.75 Å². The van der Waals surface area contributed by atoms with E-state index in [1.807, 2.05) is 0 Å². The Kier molecular flexibility index (Phi) is 6.48. The predicted octanol–water partition coefficient (Wildman–Crippen LogP) is 4.15. The summed E-state index contributed by atoms with van der Waals surface area (Å²) in [5.41, 5.74) is 0. The molecule has 0 radical (unpaired) electrons. The standard InChI is InChI=1S/C15H21ClNO5P/c1-12(17(20-2)13-8-6-7-9-13)15(18)22-23(16,19)21-14-10-4-3-5-11-14/h3-5,10-13H,6-9H2,1-2H3/t12-,23?/m0/s1. The SMILES string of the molecule is CON(C1CCCC1)[C@@H](C)C(=O)OP(=O)(Cl)Oc1ccccc1. The molecule has 0 aliphatic heterocycles. The number of nitrogens with zero attached hydrogens (tertiary/aromatic N) is 1. The molecule has 0 bridgehead atoms. The molecule has 0 heterocycles. The average molecular weight is 362 g/mol. The highest BCUT2D eigenvalue weighted by atomic mass is 35.7. The quantitative estimate of drug-likeness (QED) is 0.537. The van der Waals surface area contributed by atoms with E-state index in [1.165, 1.54) is 7.11 Å². The van der Waals surface area contributed by atoms with Gasteiger partial charge in [-0.3, -0.25) is 0 Å². The molecule has 2 atom stereocenters. The minimum Gasteiger partial charge on any atom is -0.405 e. The minimum absolute atomic E-state index is 0.146. The molecule has 1 fully saturated rings. The zero-order valence-corrected chi connectivity index (χ0v) is 14.8. The van der Waals surface area contributed by atoms with E-state index in [2.05, 4.69) is 0 Å². The molecule has 128 valence electrons. The first-order valence-corrected chi connectivity index (χ1v) is 9.98. The van der Waals surface area contributed by atoms with Crippen molar-refractivity contribution in [2.45, 2.75) is 44.7 Å². The van der Waals surface area contributed by atoms with Gasteiger partial charge < -0.3 is 13.9 Å². The van der Waals surface area contributed by atoms with E-state index in [0.717, 1.165) is 25.7 Å². The summed E-state index contributed by atoms with van der Waals surface area (Å²) >= 11 is 5.75. The summed E-state index contributed by atoms with van der Waals surface area (Å²) < 4.78 is 22.1. The van der Waals surface area contributed by atoms with Gasteiger partial charge in [0.2, 0.25) is 0 Å². The first-order chi connectivity index (χ1) is 10.9. The largest absolute Gasteiger partial charge is 0.532 e. The summed E-state index contributed by atoms with van der Waals surface area (Å²) in [6.45, 7) is -2.44. The molecular formula is C15H21ClNO5P. The second kappa shape index (κ2) is 8.15. The molecular weight excluding hydrogens is 341 g/mol. The second-order valence-electron chi connectivity index (χ2n) is 5.40. The maximum Gasteiger partial charge on any atom is 0.532 e. The normalized spacial score (nSPS) is 19.3. The Morgan fingerprint density at radius 3 is 2.48 bits per heavy atom. The fraction of sp³-hybridized carbons (Fsp3) is 0.533. The molecule has 2 rings (SSSR count). The fourth-order valence-corrected chi connectivity index (χ4v) is 3.92. The topological polar surface area (TPSA) is 65.1 Å². The van der Waals surface area contributed by atoms with Gasteiger partial charge in [0, 0.05) is 17.3 Å². The molecule has 1 saturated carbocycles. The van der Waals surface area contributed by atoms with Crippen molar-refractivity contribution in [1.82, 2.24) is 5.06 Å². The number of rotatable bonds is 7. The molecule has 1 aromatic rings. The van der Waals surface area contributed by atoms with E-state index in [9.17, 15) is 9.36 Å². The molecule has 0 amide bonds. The highest BCUT2D eigenvalue weighted by Crippen LogP contribution is 2.53. The van der Waals surface area contributed by atoms with E-state index in [-0.39, 0.29) is 11.8 Å². The Labute approximate surface area is 140 Å². The van der Waals surface area contributed by atoms with Gasteiger partial charge in [0.1, 0.15) is 11.8 Å². The van der Waals surface area contributed by atoms with Crippen LogP contribution in [0.2, 0.25) is 0 Å². The Balaban J connectivity index is 1.97. The third kappa shape index (κ3) is 5.21. The molecule has 0 aromatic heterocycles. The minimum atomic E-state index is -4.07. The van der Waals surface area contributed by atoms with Crippen molar-refractivity contribution < 1.29 is 23.2 Å². The zero-order valence-electron chi connectivity index (χ0n) is 13.2. The van der Waals surface area contributed by atoms with E-state index in [0.29, 0.717) is 0 Å². The first kappa shape index (κ1) is 18.3. The van der Waals surface area contributed by atoms with Crippen LogP contribution >= 0.6 is 18.2 Å². The third-order valence-corrected chi connectivity index (χ3v) is 5.02. The lowest BCUT2D eigenvalue weighted by Gasteiger charge is -2.30. The average Bonchev–Trinajstić information content (AvgIpc) is 3.02. The van der Waals surface area contributed by atoms with Crippen molar-refractivity contribution in [1.29, 1.82) is 0 Å². The smallest absolute Gasteiger partial charge is 0.405 e. The van der Waals surface area contributed by atoms with Crippen LogP contribution in [0.1, 0.15) is 32.6 Å². The van der Waals surface area contributed by atoms with Crippen LogP contribution < -0.4 is 4.52 Å². The lowest BCUT2D eigenvalue weighted by atomic mass is 10.2. The van der Waals surface area contributed by atoms with Crippen LogP contribution in [-0.4, -0.2) is 30.2 Å². The number of hydrogen-bond donors (Lipinski definition) is 0. The van der Waals surface area contributed by atoms with Gasteiger partial charge >= 0.3 is 12.9 Å². The van der Waals surface area contributed by atoms with Gasteiger partial charge in [0.15, 0.2) is 0 Å². The summed E-state index contributed by atoms with van der Waals surface area (Å²) in [6.07, 6.45) is 4.09. The second-order valence-corrected chi connectivity index (χ2v) is 7.87. The van der Waals surface area contributed by atoms with Crippen molar-refractivity contribution in [3.05, 3.63) is 30.3 Å². The Bertz CT molecular complexity index is 564. The molecule has 1 aliphatic carbocycles. The molecule has 8 heteroatoms. The van der Waals surface area contributed by atoms with Gasteiger partial charge in [-0.2, -0.15) is 5.06 Å². The summed E-state index contributed by atoms with van der Waals surface area (Å²) in [6, 6.07) is 7.74. The van der Waals surface area contributed by atoms with Crippen LogP contribution in [0.3, 0.4) is 0 Å². The van der Waals surface area contributed by atoms with E-state index >= 15 is 0 Å². The number of halogens is 1. The van der Waals surface area contributed by atoms with Gasteiger partial charge in [-0.25, -0.2) is 9.36 Å². The van der Waals surface area contributed by atoms with Crippen molar-refractivity contribution >= 4 is 24.2 Å². The number of carbonyl (C=O) groups excluding carboxylic acids is 1. The number of hydrogen-bond acceptors (Lipinski definition) is 6. The Morgan fingerprint density at radius 2 is 1.91 bits per heavy atom. The lowest BCUT2D eigenvalue weighted by Crippen LogP contribution is -2.44. The Morgan fingerprint density at radius 1 is 1.30 bits per heavy atom. The van der Waals surface area contributed by atoms with Gasteiger partial charge in [0.25, 0.3) is 0 Å². The van der Waals surface area contributed by atoms with Crippen LogP contribution in [0.4, 0.5) is 0 Å². The molecule has 6 nitrogen and oxygen atoms in total. The molecule has 23 heavy (non-hydrogen) atoms. The lowest BCUT2D eigenvalue weighted by molar-refractivity contribution is -0.197. The highest BCUT2D eigenvalue weighted by Gasteiger charge is 2.36. The third-order valence-electron chi connectivity index (χ3n) is 3.77. The molecule has 1 aromatic carbocycles. The van der Waals surface area contributed by atoms with Crippen molar-refractivity contribution in [2.75, 3.05) is 7.11 Å². The van der Waals surface area contributed by atoms with E-state index in [1.54, 1.807) is 42.3 Å². The molecule has 0 N–H and O–H groups in total. The summed E-state index contributed by atoms with van der Waals surface area (Å²) in [5, 5.41) is 1.58. The predicted molar refractivity (Wildman–Crippen MR) is 87.2 cm³/mol. The summed E-state index contributed by atoms with van der Waals surface area (Å²) in [4.78, 5) is 17.5. The highest BCUT2D eigenvalue weighted by molar-refractivity contribution is 7.82. The monoisotopic (exact) mass is 361 g/mol. The van der Waals surface area contributed by atoms with Crippen LogP contribution in [-0.2, 0) is 18.7 Å². The maximum absolute atomic E-state index is 12.2. The fourth-order valence-electron chi connectivity index (χ4n) is 2.70. The van der Waals surface area contributed by atoms with Gasteiger partial charge in [-0.15, -0.1) is 0 Å². The summed E-state index contributed by atoms with van der Waals surface area (Å²) in [7, 11) is 1.50. The van der Waals surface area contributed by atoms with Crippen LogP contribution in [0.15, 0.2) is 30.3 Å². The van der Waals surface area contributed by atoms with Crippen molar-refractivity contribution in [2.24, 2.45) is 0 Å². The molecule has 1 aliphatic rings. The number of benzene rings is 1. The molecule has 0 spiro atoms. The number of carbonyl (C=O) groups is 1. The zero-order chi connectivity index (χ0) is 16.9. The van der Waals surface area contributed by atoms with Gasteiger partial charge in [0.05, 0.1) is 7.11 Å². The van der Waals surface area contributed by atoms with Gasteiger partial charge in [-0.05, 0) is 31.9 Å². The van der Waals surface area contributed by atoms with Crippen molar-refractivity contribution in [3.63, 3.8) is 0 Å².